The van der Waals surface area contributed by atoms with Crippen molar-refractivity contribution in [2.24, 2.45) is 38.9 Å². The Morgan fingerprint density at radius 1 is 0.444 bits per heavy atom. The summed E-state index contributed by atoms with van der Waals surface area (Å²) >= 11 is 0. The van der Waals surface area contributed by atoms with Crippen molar-refractivity contribution in [3.05, 3.63) is 116 Å². The summed E-state index contributed by atoms with van der Waals surface area (Å²) < 4.78 is 210. The number of aromatic nitrogens is 12. The summed E-state index contributed by atoms with van der Waals surface area (Å²) in [6.07, 6.45) is -6.88. The van der Waals surface area contributed by atoms with Crippen LogP contribution in [0.5, 0.6) is 0 Å². The number of aromatic amines is 2. The molecule has 133 heavy (non-hydrogen) atoms. The van der Waals surface area contributed by atoms with E-state index in [4.69, 9.17) is 123 Å². The van der Waals surface area contributed by atoms with Gasteiger partial charge >= 0.3 is 105 Å². The van der Waals surface area contributed by atoms with Crippen molar-refractivity contribution in [3.63, 3.8) is 0 Å². The van der Waals surface area contributed by atoms with Crippen molar-refractivity contribution < 1.29 is 229 Å². The standard InChI is InChI=1S/C13H20N3O15P3.C10H15N8O13P3.C10H15N8O12P3.C10H17N6O13P3/c14-29-9-5-11(16-6-8(3-1-2-4-17)12(18)15-13(16)19)28-10(9)7-27-33(23,24)31-34(25,26)30-32(20,21)22;11-17-16-10-14-8-7(9(19)15-10)13-3-18(8)6-1-4(29-12)5(28-6)2-27-33(23,24)31-34(25,26)30-32(20,21)22;11-17-16-9-8-10(14-3-13-9)18(4-15-8)7-1-5(28-12)6(27-7)2-26-32(22,23)30-33(24,25)29-31(19,20)21;1-5-3-16(10(17)13-9(5)14-15-11)8-2-6(27-12)7(26-8)4-25-31(21,22)29-32(23,24)28-30(18,19)20/h6,9-11,17H,2,4-5,7,14H2,(H,23,24)(H,25,26)(H,15,18,19)(H2,20,21,22);3-6H,1-2,12H2,(H,23,24)(H,25,26)(H,14,15,19)(H2,20,21,22);3-7H,1-2,12H2,(H,22,23)(H,24,25)(H2,19,20,21);3,6-8H,2,4,12H2,1H3,(H,21,22)(H,23,24)(H2,18,19,20)/t9-,10-,11-;4-,5-,6-;5-,6-,7-;6-,7-,8-/m1111/s1. The number of phosphoric ester groups is 4. The zero-order valence-electron chi connectivity index (χ0n) is 64.9. The van der Waals surface area contributed by atoms with Crippen LogP contribution in [0.1, 0.15) is 68.1 Å². The van der Waals surface area contributed by atoms with Crippen LogP contribution in [0.3, 0.4) is 0 Å². The third kappa shape index (κ3) is 35.5. The highest BCUT2D eigenvalue weighted by Crippen LogP contribution is 2.70. The Morgan fingerprint density at radius 2 is 0.797 bits per heavy atom. The van der Waals surface area contributed by atoms with E-state index in [0.29, 0.717) is 5.56 Å². The van der Waals surface area contributed by atoms with Crippen molar-refractivity contribution >= 4 is 134 Å². The molecule has 0 amide bonds. The van der Waals surface area contributed by atoms with E-state index in [1.165, 1.54) is 34.9 Å². The number of aliphatic hydroxyl groups excluding tert-OH is 1. The molecule has 78 nitrogen and oxygen atoms in total. The minimum Gasteiger partial charge on any atom is -0.395 e. The largest absolute Gasteiger partial charge is 0.490 e. The lowest BCUT2D eigenvalue weighted by molar-refractivity contribution is -0.0618. The maximum atomic E-state index is 12.2. The van der Waals surface area contributed by atoms with Crippen LogP contribution in [0.4, 0.5) is 17.6 Å². The van der Waals surface area contributed by atoms with Crippen LogP contribution in [0, 0.1) is 18.8 Å². The van der Waals surface area contributed by atoms with E-state index < -0.39 is 217 Å². The van der Waals surface area contributed by atoms with Crippen LogP contribution in [0.25, 0.3) is 53.7 Å². The molecule has 0 radical (unpaired) electrons. The first-order chi connectivity index (χ1) is 61.4. The molecule has 4 fully saturated rings. The van der Waals surface area contributed by atoms with Crippen molar-refractivity contribution in [2.75, 3.05) is 33.0 Å². The summed E-state index contributed by atoms with van der Waals surface area (Å²) in [4.78, 5) is 246. The van der Waals surface area contributed by atoms with Gasteiger partial charge in [0.05, 0.1) is 45.7 Å². The zero-order valence-corrected chi connectivity index (χ0v) is 75.6. The summed E-state index contributed by atoms with van der Waals surface area (Å²) in [5.74, 6) is 25.2. The number of rotatable bonds is 40. The lowest BCUT2D eigenvalue weighted by Gasteiger charge is -2.20. The number of nitrogens with one attached hydrogen (secondary N) is 2. The number of H-pyrrole nitrogens is 2. The van der Waals surface area contributed by atoms with E-state index in [0.717, 1.165) is 21.7 Å². The number of azide groups is 3. The van der Waals surface area contributed by atoms with Gasteiger partial charge in [0.15, 0.2) is 28.6 Å². The minimum absolute atomic E-state index is 0.0300. The lowest BCUT2D eigenvalue weighted by atomic mass is 10.2. The Hall–Kier alpha value is -6.93. The van der Waals surface area contributed by atoms with Crippen molar-refractivity contribution in [3.8, 4) is 11.8 Å². The molecule has 0 aliphatic carbocycles. The highest BCUT2D eigenvalue weighted by Gasteiger charge is 2.50. The fourth-order valence-corrected chi connectivity index (χ4v) is 23.0. The maximum absolute atomic E-state index is 12.2. The van der Waals surface area contributed by atoms with Gasteiger partial charge in [-0.3, -0.25) is 70.3 Å². The molecule has 0 bridgehead atoms. The van der Waals surface area contributed by atoms with E-state index in [9.17, 15) is 103 Å². The number of fused-ring (bicyclic) bond motifs is 2. The molecule has 10 heterocycles. The summed E-state index contributed by atoms with van der Waals surface area (Å²) in [6.45, 7) is -2.04. The average Bonchev–Trinajstić information content (AvgIpc) is 1.63. The van der Waals surface area contributed by atoms with Gasteiger partial charge in [0.2, 0.25) is 0 Å². The van der Waals surface area contributed by atoms with Crippen LogP contribution in [0.2, 0.25) is 0 Å². The molecule has 742 valence electrons. The third-order valence-corrected chi connectivity index (χ3v) is 30.9. The number of hydrogen-bond donors (Lipinski definition) is 23. The Kier molecular flexibility index (Phi) is 39.7. The normalized spacial score (nSPS) is 24.6. The van der Waals surface area contributed by atoms with Gasteiger partial charge in [-0.15, -0.1) is 0 Å². The Bertz CT molecular complexity index is 6310. The Morgan fingerprint density at radius 3 is 1.16 bits per heavy atom. The first-order valence-corrected chi connectivity index (χ1v) is 52.0. The molecule has 0 spiro atoms. The first-order valence-electron chi connectivity index (χ1n) is 33.9. The SMILES string of the molecule is Cc1cn([C@H]2C[C@@H](ON)[C@@H](COP(=O)(O)OP(=O)(O)OP(=O)(O)O)O2)c(=O)nc1N=[N+]=[N-].NO[C@@H]1C[C@H](n2cc(C#CCCO)c(=O)[nH]c2=O)O[C@@H]1COP(=O)(O)OP(=O)(O)OP(=O)(O)O.[N-]=[N+]=Nc1nc2c(ncn2[C@H]2C[C@@H](ON)[C@@H](COP(=O)(O)OP(=O)(O)OP(=O)(O)O)O2)c(=O)[nH]1.[N-]=[N+]=Nc1ncnc2c1ncn2[C@H]1C[C@@H](ON)[C@@H](COP(=O)(O)OP(=O)(O)OP(=O)(O)O)O1. The van der Waals surface area contributed by atoms with Gasteiger partial charge in [0.25, 0.3) is 11.1 Å². The van der Waals surface area contributed by atoms with E-state index >= 15 is 0 Å². The molecule has 4 aliphatic rings. The Labute approximate surface area is 730 Å². The number of aryl methyl sites for hydroxylation is 1. The van der Waals surface area contributed by atoms with Crippen LogP contribution in [-0.4, -0.2) is 223 Å². The molecule has 10 rings (SSSR count). The predicted molar refractivity (Wildman–Crippen MR) is 413 cm³/mol. The third-order valence-electron chi connectivity index (χ3n) is 15.6. The number of aliphatic hydroxyl groups is 1. The second kappa shape index (κ2) is 46.7. The highest BCUT2D eigenvalue weighted by atomic mass is 31.3. The van der Waals surface area contributed by atoms with Crippen LogP contribution < -0.4 is 46.1 Å². The average molecular weight is 2150 g/mol. The topological polar surface area (TPSA) is 1180 Å². The second-order valence-corrected chi connectivity index (χ2v) is 42.6. The molecule has 6 aromatic heterocycles. The summed E-state index contributed by atoms with van der Waals surface area (Å²) in [6, 6.07) is 0. The zero-order chi connectivity index (χ0) is 99.8. The molecule has 27 N–H and O–H groups in total. The lowest BCUT2D eigenvalue weighted by Crippen LogP contribution is -2.33. The number of phosphoric acid groups is 12. The first kappa shape index (κ1) is 113. The van der Waals surface area contributed by atoms with E-state index in [2.05, 4.69) is 139 Å². The summed E-state index contributed by atoms with van der Waals surface area (Å²) in [5, 5.41) is 18.6. The molecule has 0 saturated carbocycles. The van der Waals surface area contributed by atoms with Gasteiger partial charge in [-0.05, 0) is 44.4 Å². The highest BCUT2D eigenvalue weighted by molar-refractivity contribution is 7.68. The molecule has 8 unspecified atom stereocenters. The van der Waals surface area contributed by atoms with Gasteiger partial charge < -0.3 is 107 Å². The van der Waals surface area contributed by atoms with Crippen LogP contribution in [0.15, 0.2) is 65.9 Å². The van der Waals surface area contributed by atoms with E-state index in [1.54, 1.807) is 0 Å². The predicted octanol–water partition coefficient (Wildman–Crippen LogP) is -0.848. The fourth-order valence-electron chi connectivity index (χ4n) is 10.8. The monoisotopic (exact) mass is 2150 g/mol. The Balaban J connectivity index is 0.000000242. The van der Waals surface area contributed by atoms with Gasteiger partial charge in [-0.2, -0.15) is 39.5 Å². The quantitative estimate of drug-likeness (QED) is 0.00556. The molecular formula is C43H67N25O53P12. The number of nitrogens with zero attached hydrogens (tertiary/aromatic N) is 19. The van der Waals surface area contributed by atoms with E-state index in [-0.39, 0.29) is 84.2 Å². The van der Waals surface area contributed by atoms with Gasteiger partial charge in [-0.1, -0.05) is 11.8 Å². The van der Waals surface area contributed by atoms with E-state index in [1.807, 2.05) is 4.98 Å². The number of nitrogens with two attached hydrogens (primary N) is 4. The molecular weight excluding hydrogens is 2090 g/mol. The van der Waals surface area contributed by atoms with Crippen molar-refractivity contribution in [1.29, 1.82) is 0 Å². The van der Waals surface area contributed by atoms with Gasteiger partial charge in [0, 0.05) is 59.2 Å². The molecule has 6 aromatic rings. The molecule has 4 saturated heterocycles. The van der Waals surface area contributed by atoms with Crippen molar-refractivity contribution in [2.45, 2.75) is 113 Å². The maximum Gasteiger partial charge on any atom is 0.490 e. The van der Waals surface area contributed by atoms with Crippen LogP contribution >= 0.6 is 93.9 Å². The molecule has 4 aliphatic heterocycles. The molecule has 90 heteroatoms. The number of hydrogen-bond acceptors (Lipinski definition) is 50. The second-order valence-electron chi connectivity index (χ2n) is 24.9. The smallest absolute Gasteiger partial charge is 0.395 e. The molecule has 20 atom stereocenters. The minimum atomic E-state index is -5.71. The number of imidazole rings is 2. The summed E-state index contributed by atoms with van der Waals surface area (Å²) in [5.41, 5.74) is 22.8. The van der Waals surface area contributed by atoms with Crippen LogP contribution in [-0.2, 0) is 146 Å². The number of ether oxygens (including phenoxy) is 4. The van der Waals surface area contributed by atoms with Gasteiger partial charge in [-0.25, -0.2) is 113 Å². The van der Waals surface area contributed by atoms with Crippen molar-refractivity contribution in [1.82, 2.24) is 58.1 Å². The summed E-state index contributed by atoms with van der Waals surface area (Å²) in [7, 11) is -66.5. The van der Waals surface area contributed by atoms with Gasteiger partial charge in [0.1, 0.15) is 97.0 Å². The molecule has 0 aromatic carbocycles. The fraction of sp³-hybridized carbons (Fsp3) is 0.535.